The molecular weight excluding hydrogens is 366 g/mol. The van der Waals surface area contributed by atoms with E-state index in [1.807, 2.05) is 22.9 Å². The summed E-state index contributed by atoms with van der Waals surface area (Å²) >= 11 is 0. The molecule has 1 aromatic carbocycles. The van der Waals surface area contributed by atoms with Crippen molar-refractivity contribution in [2.45, 2.75) is 50.7 Å². The maximum Gasteiger partial charge on any atom is 0.237 e. The van der Waals surface area contributed by atoms with Gasteiger partial charge >= 0.3 is 0 Å². The number of nitrogens with one attached hydrogen (secondary N) is 1. The SMILES string of the molecule is CN(C(=O)CN1CCCC1C(=O)NCc1ccco1)C1CCCc2ccccc21. The summed E-state index contributed by atoms with van der Waals surface area (Å²) < 4.78 is 5.28. The molecule has 2 aromatic rings. The minimum absolute atomic E-state index is 0.0302. The summed E-state index contributed by atoms with van der Waals surface area (Å²) in [5.74, 6) is 0.782. The van der Waals surface area contributed by atoms with Crippen LogP contribution in [0.3, 0.4) is 0 Å². The van der Waals surface area contributed by atoms with Gasteiger partial charge in [-0.25, -0.2) is 0 Å². The van der Waals surface area contributed by atoms with Crippen LogP contribution in [0, 0.1) is 0 Å². The number of fused-ring (bicyclic) bond motifs is 1. The topological polar surface area (TPSA) is 65.8 Å². The van der Waals surface area contributed by atoms with E-state index < -0.39 is 0 Å². The zero-order valence-corrected chi connectivity index (χ0v) is 17.0. The van der Waals surface area contributed by atoms with E-state index >= 15 is 0 Å². The first-order chi connectivity index (χ1) is 14.1. The molecule has 1 fully saturated rings. The Balaban J connectivity index is 1.36. The quantitative estimate of drug-likeness (QED) is 0.817. The van der Waals surface area contributed by atoms with Crippen LogP contribution in [-0.4, -0.2) is 47.8 Å². The summed E-state index contributed by atoms with van der Waals surface area (Å²) in [5.41, 5.74) is 2.61. The van der Waals surface area contributed by atoms with Gasteiger partial charge in [-0.3, -0.25) is 14.5 Å². The fourth-order valence-corrected chi connectivity index (χ4v) is 4.61. The van der Waals surface area contributed by atoms with Gasteiger partial charge in [-0.1, -0.05) is 24.3 Å². The number of nitrogens with zero attached hydrogens (tertiary/aromatic N) is 2. The van der Waals surface area contributed by atoms with E-state index in [2.05, 4.69) is 29.6 Å². The van der Waals surface area contributed by atoms with E-state index in [1.165, 1.54) is 11.1 Å². The predicted molar refractivity (Wildman–Crippen MR) is 110 cm³/mol. The second kappa shape index (κ2) is 8.82. The van der Waals surface area contributed by atoms with Crippen molar-refractivity contribution in [2.24, 2.45) is 0 Å². The molecule has 6 nitrogen and oxygen atoms in total. The van der Waals surface area contributed by atoms with Gasteiger partial charge in [0, 0.05) is 7.05 Å². The third-order valence-electron chi connectivity index (χ3n) is 6.22. The van der Waals surface area contributed by atoms with Crippen molar-refractivity contribution in [1.29, 1.82) is 0 Å². The van der Waals surface area contributed by atoms with Crippen LogP contribution >= 0.6 is 0 Å². The van der Waals surface area contributed by atoms with Crippen LogP contribution in [0.5, 0.6) is 0 Å². The van der Waals surface area contributed by atoms with E-state index in [-0.39, 0.29) is 30.4 Å². The first-order valence-electron chi connectivity index (χ1n) is 10.5. The molecule has 6 heteroatoms. The lowest BCUT2D eigenvalue weighted by Crippen LogP contribution is -2.47. The van der Waals surface area contributed by atoms with Crippen LogP contribution in [0.4, 0.5) is 0 Å². The minimum atomic E-state index is -0.249. The van der Waals surface area contributed by atoms with Gasteiger partial charge in [-0.2, -0.15) is 0 Å². The van der Waals surface area contributed by atoms with Gasteiger partial charge in [0.25, 0.3) is 0 Å². The number of furan rings is 1. The number of benzene rings is 1. The van der Waals surface area contributed by atoms with Crippen LogP contribution < -0.4 is 5.32 Å². The summed E-state index contributed by atoms with van der Waals surface area (Å²) in [5, 5.41) is 2.94. The van der Waals surface area contributed by atoms with Gasteiger partial charge in [-0.15, -0.1) is 0 Å². The molecule has 2 unspecified atom stereocenters. The van der Waals surface area contributed by atoms with Crippen molar-refractivity contribution >= 4 is 11.8 Å². The lowest BCUT2D eigenvalue weighted by Gasteiger charge is -2.35. The Kier molecular flexibility index (Phi) is 6.00. The Bertz CT molecular complexity index is 849. The number of carbonyl (C=O) groups excluding carboxylic acids is 2. The highest BCUT2D eigenvalue weighted by Gasteiger charge is 2.34. The Hall–Kier alpha value is -2.60. The van der Waals surface area contributed by atoms with Crippen molar-refractivity contribution in [3.8, 4) is 0 Å². The summed E-state index contributed by atoms with van der Waals surface area (Å²) in [6, 6.07) is 12.0. The fraction of sp³-hybridized carbons (Fsp3) is 0.478. The highest BCUT2D eigenvalue weighted by atomic mass is 16.3. The molecule has 0 saturated carbocycles. The van der Waals surface area contributed by atoms with Crippen LogP contribution in [0.15, 0.2) is 47.1 Å². The second-order valence-corrected chi connectivity index (χ2v) is 8.04. The second-order valence-electron chi connectivity index (χ2n) is 8.04. The van der Waals surface area contributed by atoms with Crippen molar-refractivity contribution in [1.82, 2.24) is 15.1 Å². The molecule has 29 heavy (non-hydrogen) atoms. The Morgan fingerprint density at radius 3 is 2.86 bits per heavy atom. The van der Waals surface area contributed by atoms with Gasteiger partial charge in [0.15, 0.2) is 0 Å². The molecule has 2 aliphatic rings. The molecule has 0 radical (unpaired) electrons. The molecule has 1 saturated heterocycles. The molecule has 2 atom stereocenters. The monoisotopic (exact) mass is 395 g/mol. The summed E-state index contributed by atoms with van der Waals surface area (Å²) in [6.45, 7) is 1.44. The Morgan fingerprint density at radius 2 is 2.03 bits per heavy atom. The molecular formula is C23H29N3O3. The number of aryl methyl sites for hydroxylation is 1. The largest absolute Gasteiger partial charge is 0.467 e. The molecule has 1 aromatic heterocycles. The van der Waals surface area contributed by atoms with Crippen molar-refractivity contribution in [3.63, 3.8) is 0 Å². The number of likely N-dealkylation sites (N-methyl/N-ethyl adjacent to an activating group) is 1. The van der Waals surface area contributed by atoms with Gasteiger partial charge in [-0.05, 0) is 61.9 Å². The van der Waals surface area contributed by atoms with Crippen LogP contribution in [0.2, 0.25) is 0 Å². The lowest BCUT2D eigenvalue weighted by molar-refractivity contribution is -0.135. The van der Waals surface area contributed by atoms with Gasteiger partial charge in [0.2, 0.25) is 11.8 Å². The highest BCUT2D eigenvalue weighted by Crippen LogP contribution is 2.33. The summed E-state index contributed by atoms with van der Waals surface area (Å²) in [7, 11) is 1.90. The molecule has 1 aliphatic heterocycles. The van der Waals surface area contributed by atoms with E-state index in [4.69, 9.17) is 4.42 Å². The predicted octanol–water partition coefficient (Wildman–Crippen LogP) is 2.90. The van der Waals surface area contributed by atoms with Crippen LogP contribution in [0.1, 0.15) is 48.6 Å². The van der Waals surface area contributed by atoms with E-state index in [1.54, 1.807) is 12.3 Å². The smallest absolute Gasteiger partial charge is 0.237 e. The van der Waals surface area contributed by atoms with Crippen molar-refractivity contribution in [2.75, 3.05) is 20.1 Å². The Labute approximate surface area is 171 Å². The normalized spacial score (nSPS) is 21.6. The fourth-order valence-electron chi connectivity index (χ4n) is 4.61. The van der Waals surface area contributed by atoms with Crippen LogP contribution in [0.25, 0.3) is 0 Å². The first-order valence-corrected chi connectivity index (χ1v) is 10.5. The standard InChI is InChI=1S/C23H29N3O3/c1-25(20-11-4-8-17-7-2-3-10-19(17)20)22(27)16-26-13-5-12-21(26)23(28)24-15-18-9-6-14-29-18/h2-3,6-7,9-10,14,20-21H,4-5,8,11-13,15-16H2,1H3,(H,24,28). The third-order valence-corrected chi connectivity index (χ3v) is 6.22. The van der Waals surface area contributed by atoms with Crippen molar-refractivity contribution < 1.29 is 14.0 Å². The Morgan fingerprint density at radius 1 is 1.17 bits per heavy atom. The lowest BCUT2D eigenvalue weighted by atomic mass is 9.87. The zero-order chi connectivity index (χ0) is 20.2. The number of amides is 2. The minimum Gasteiger partial charge on any atom is -0.467 e. The summed E-state index contributed by atoms with van der Waals surface area (Å²) in [4.78, 5) is 29.6. The zero-order valence-electron chi connectivity index (χ0n) is 17.0. The molecule has 154 valence electrons. The third kappa shape index (κ3) is 4.37. The molecule has 4 rings (SSSR count). The maximum atomic E-state index is 13.1. The maximum absolute atomic E-state index is 13.1. The molecule has 0 spiro atoms. The number of hydrogen-bond acceptors (Lipinski definition) is 4. The number of carbonyl (C=O) groups is 2. The van der Waals surface area contributed by atoms with Crippen LogP contribution in [-0.2, 0) is 22.6 Å². The van der Waals surface area contributed by atoms with E-state index in [9.17, 15) is 9.59 Å². The van der Waals surface area contributed by atoms with Gasteiger partial charge in [0.05, 0.1) is 31.4 Å². The number of hydrogen-bond donors (Lipinski definition) is 1. The summed E-state index contributed by atoms with van der Waals surface area (Å²) in [6.07, 6.45) is 6.49. The highest BCUT2D eigenvalue weighted by molar-refractivity contribution is 5.84. The van der Waals surface area contributed by atoms with Crippen molar-refractivity contribution in [3.05, 3.63) is 59.5 Å². The van der Waals surface area contributed by atoms with E-state index in [0.29, 0.717) is 6.54 Å². The average molecular weight is 396 g/mol. The molecule has 2 heterocycles. The molecule has 1 aliphatic carbocycles. The first kappa shape index (κ1) is 19.7. The molecule has 0 bridgehead atoms. The van der Waals surface area contributed by atoms with Gasteiger partial charge in [0.1, 0.15) is 5.76 Å². The average Bonchev–Trinajstić information content (AvgIpc) is 3.43. The molecule has 2 amide bonds. The molecule has 1 N–H and O–H groups in total. The number of rotatable bonds is 6. The van der Waals surface area contributed by atoms with E-state index in [0.717, 1.165) is 44.4 Å². The number of likely N-dealkylation sites (tertiary alicyclic amines) is 1. The van der Waals surface area contributed by atoms with Gasteiger partial charge < -0.3 is 14.6 Å².